The zero-order chi connectivity index (χ0) is 14.0. The average molecular weight is 267 g/mol. The standard InChI is InChI=1S/C13H18FN3O2/c1-9-5-10(6-15)7-16(9)8-11-3-2-4-12(13(11)14)17(18)19/h2-4,9-10H,5-8,15H2,1H3. The van der Waals surface area contributed by atoms with Crippen LogP contribution in [0.3, 0.4) is 0 Å². The largest absolute Gasteiger partial charge is 0.330 e. The summed E-state index contributed by atoms with van der Waals surface area (Å²) in [6, 6.07) is 4.64. The fourth-order valence-corrected chi connectivity index (χ4v) is 2.66. The highest BCUT2D eigenvalue weighted by Crippen LogP contribution is 2.27. The molecule has 1 aromatic rings. The van der Waals surface area contributed by atoms with Crippen LogP contribution in [0.4, 0.5) is 10.1 Å². The molecular weight excluding hydrogens is 249 g/mol. The van der Waals surface area contributed by atoms with E-state index in [9.17, 15) is 14.5 Å². The molecule has 2 atom stereocenters. The van der Waals surface area contributed by atoms with Gasteiger partial charge in [0, 0.05) is 30.8 Å². The molecule has 5 nitrogen and oxygen atoms in total. The highest BCUT2D eigenvalue weighted by Gasteiger charge is 2.29. The maximum Gasteiger partial charge on any atom is 0.305 e. The van der Waals surface area contributed by atoms with E-state index in [1.807, 2.05) is 0 Å². The first-order valence-corrected chi connectivity index (χ1v) is 6.38. The topological polar surface area (TPSA) is 72.4 Å². The Morgan fingerprint density at radius 1 is 1.58 bits per heavy atom. The molecule has 0 amide bonds. The second-order valence-corrected chi connectivity index (χ2v) is 5.12. The van der Waals surface area contributed by atoms with Gasteiger partial charge in [-0.2, -0.15) is 4.39 Å². The first-order valence-electron chi connectivity index (χ1n) is 6.38. The Kier molecular flexibility index (Phi) is 4.11. The van der Waals surface area contributed by atoms with E-state index in [1.165, 1.54) is 12.1 Å². The van der Waals surface area contributed by atoms with E-state index in [0.29, 0.717) is 30.6 Å². The van der Waals surface area contributed by atoms with Gasteiger partial charge >= 0.3 is 5.69 Å². The van der Waals surface area contributed by atoms with Gasteiger partial charge < -0.3 is 5.73 Å². The molecule has 6 heteroatoms. The van der Waals surface area contributed by atoms with E-state index in [-0.39, 0.29) is 0 Å². The molecule has 0 aliphatic carbocycles. The van der Waals surface area contributed by atoms with Gasteiger partial charge in [-0.15, -0.1) is 0 Å². The van der Waals surface area contributed by atoms with E-state index >= 15 is 0 Å². The van der Waals surface area contributed by atoms with Gasteiger partial charge in [-0.1, -0.05) is 12.1 Å². The van der Waals surface area contributed by atoms with Gasteiger partial charge in [0.1, 0.15) is 0 Å². The number of nitro benzene ring substituents is 1. The van der Waals surface area contributed by atoms with Crippen LogP contribution in [0.2, 0.25) is 0 Å². The summed E-state index contributed by atoms with van der Waals surface area (Å²) >= 11 is 0. The summed E-state index contributed by atoms with van der Waals surface area (Å²) in [7, 11) is 0. The molecule has 1 aliphatic heterocycles. The van der Waals surface area contributed by atoms with Crippen molar-refractivity contribution in [3.05, 3.63) is 39.7 Å². The molecule has 104 valence electrons. The van der Waals surface area contributed by atoms with Crippen LogP contribution in [-0.4, -0.2) is 29.0 Å². The quantitative estimate of drug-likeness (QED) is 0.668. The lowest BCUT2D eigenvalue weighted by Crippen LogP contribution is -2.27. The predicted molar refractivity (Wildman–Crippen MR) is 70.1 cm³/mol. The Balaban J connectivity index is 2.16. The van der Waals surface area contributed by atoms with Gasteiger partial charge in [0.2, 0.25) is 5.82 Å². The monoisotopic (exact) mass is 267 g/mol. The summed E-state index contributed by atoms with van der Waals surface area (Å²) in [5.74, 6) is -0.298. The van der Waals surface area contributed by atoms with Crippen LogP contribution < -0.4 is 5.73 Å². The smallest absolute Gasteiger partial charge is 0.305 e. The molecule has 0 aromatic heterocycles. The Hall–Kier alpha value is -1.53. The van der Waals surface area contributed by atoms with Crippen molar-refractivity contribution in [3.8, 4) is 0 Å². The Bertz CT molecular complexity index is 481. The van der Waals surface area contributed by atoms with Crippen molar-refractivity contribution in [2.75, 3.05) is 13.1 Å². The molecule has 1 heterocycles. The van der Waals surface area contributed by atoms with Crippen LogP contribution in [0.1, 0.15) is 18.9 Å². The van der Waals surface area contributed by atoms with E-state index < -0.39 is 16.4 Å². The number of benzene rings is 1. The molecule has 0 spiro atoms. The Morgan fingerprint density at radius 2 is 2.32 bits per heavy atom. The van der Waals surface area contributed by atoms with Crippen molar-refractivity contribution in [1.82, 2.24) is 4.90 Å². The van der Waals surface area contributed by atoms with Crippen molar-refractivity contribution in [1.29, 1.82) is 0 Å². The number of rotatable bonds is 4. The Labute approximate surface area is 111 Å². The fraction of sp³-hybridized carbons (Fsp3) is 0.538. The first kappa shape index (κ1) is 13.9. The molecule has 2 rings (SSSR count). The van der Waals surface area contributed by atoms with Crippen molar-refractivity contribution < 1.29 is 9.31 Å². The van der Waals surface area contributed by atoms with Gasteiger partial charge in [-0.25, -0.2) is 0 Å². The number of nitrogens with two attached hydrogens (primary N) is 1. The average Bonchev–Trinajstić information content (AvgIpc) is 2.72. The number of hydrogen-bond donors (Lipinski definition) is 1. The predicted octanol–water partition coefficient (Wildman–Crippen LogP) is 1.90. The van der Waals surface area contributed by atoms with Crippen molar-refractivity contribution in [3.63, 3.8) is 0 Å². The van der Waals surface area contributed by atoms with Crippen LogP contribution in [0.25, 0.3) is 0 Å². The summed E-state index contributed by atoms with van der Waals surface area (Å²) < 4.78 is 14.0. The third kappa shape index (κ3) is 2.90. The number of nitro groups is 1. The lowest BCUT2D eigenvalue weighted by molar-refractivity contribution is -0.387. The van der Waals surface area contributed by atoms with Crippen LogP contribution >= 0.6 is 0 Å². The van der Waals surface area contributed by atoms with Gasteiger partial charge in [0.15, 0.2) is 0 Å². The summed E-state index contributed by atoms with van der Waals surface area (Å²) in [4.78, 5) is 12.1. The Morgan fingerprint density at radius 3 is 2.89 bits per heavy atom. The van der Waals surface area contributed by atoms with Crippen LogP contribution in [0.15, 0.2) is 18.2 Å². The molecule has 1 aromatic carbocycles. The van der Waals surface area contributed by atoms with E-state index in [4.69, 9.17) is 5.73 Å². The summed E-state index contributed by atoms with van der Waals surface area (Å²) in [5.41, 5.74) is 5.57. The minimum atomic E-state index is -0.726. The minimum Gasteiger partial charge on any atom is -0.330 e. The van der Waals surface area contributed by atoms with E-state index in [2.05, 4.69) is 11.8 Å². The van der Waals surface area contributed by atoms with Gasteiger partial charge in [-0.3, -0.25) is 15.0 Å². The molecule has 2 unspecified atom stereocenters. The first-order chi connectivity index (χ1) is 9.02. The summed E-state index contributed by atoms with van der Waals surface area (Å²) in [5, 5.41) is 10.7. The molecule has 0 saturated carbocycles. The lowest BCUT2D eigenvalue weighted by atomic mass is 10.1. The molecule has 0 radical (unpaired) electrons. The normalized spacial score (nSPS) is 23.7. The zero-order valence-corrected chi connectivity index (χ0v) is 10.9. The molecule has 1 fully saturated rings. The second-order valence-electron chi connectivity index (χ2n) is 5.12. The van der Waals surface area contributed by atoms with Crippen molar-refractivity contribution in [2.24, 2.45) is 11.7 Å². The van der Waals surface area contributed by atoms with E-state index in [0.717, 1.165) is 13.0 Å². The third-order valence-electron chi connectivity index (χ3n) is 3.75. The summed E-state index contributed by atoms with van der Waals surface area (Å²) in [6.45, 7) is 3.91. The molecule has 19 heavy (non-hydrogen) atoms. The summed E-state index contributed by atoms with van der Waals surface area (Å²) in [6.07, 6.45) is 0.993. The number of likely N-dealkylation sites (tertiary alicyclic amines) is 1. The highest BCUT2D eigenvalue weighted by atomic mass is 19.1. The number of hydrogen-bond acceptors (Lipinski definition) is 4. The van der Waals surface area contributed by atoms with Crippen LogP contribution in [0, 0.1) is 21.8 Å². The number of nitrogens with zero attached hydrogens (tertiary/aromatic N) is 2. The minimum absolute atomic E-state index is 0.326. The molecular formula is C13H18FN3O2. The fourth-order valence-electron chi connectivity index (χ4n) is 2.66. The third-order valence-corrected chi connectivity index (χ3v) is 3.75. The second kappa shape index (κ2) is 5.63. The maximum atomic E-state index is 14.0. The molecule has 1 saturated heterocycles. The van der Waals surface area contributed by atoms with Crippen LogP contribution in [-0.2, 0) is 6.54 Å². The number of halogens is 1. The van der Waals surface area contributed by atoms with Crippen LogP contribution in [0.5, 0.6) is 0 Å². The van der Waals surface area contributed by atoms with Gasteiger partial charge in [-0.05, 0) is 25.8 Å². The lowest BCUT2D eigenvalue weighted by Gasteiger charge is -2.21. The SMILES string of the molecule is CC1CC(CN)CN1Cc1cccc([N+](=O)[O-])c1F. The molecule has 1 aliphatic rings. The van der Waals surface area contributed by atoms with Crippen molar-refractivity contribution >= 4 is 5.69 Å². The molecule has 2 N–H and O–H groups in total. The van der Waals surface area contributed by atoms with Gasteiger partial charge in [0.25, 0.3) is 0 Å². The van der Waals surface area contributed by atoms with Crippen molar-refractivity contribution in [2.45, 2.75) is 25.9 Å². The van der Waals surface area contributed by atoms with Gasteiger partial charge in [0.05, 0.1) is 4.92 Å². The zero-order valence-electron chi connectivity index (χ0n) is 10.9. The van der Waals surface area contributed by atoms with E-state index in [1.54, 1.807) is 6.07 Å². The molecule has 0 bridgehead atoms. The highest BCUT2D eigenvalue weighted by molar-refractivity contribution is 5.36. The maximum absolute atomic E-state index is 14.0.